The molecule has 6 nitrogen and oxygen atoms in total. The number of nitrogens with one attached hydrogen (secondary N) is 2. The molecule has 3 aromatic rings. The standard InChI is InChI=1S/C20H19N3O3/c1-14-12-18(26-23-14)20(25)22-17(13-15-8-4-2-5-9-15)19(24)21-16-10-6-3-7-11-16/h2-12,17H,13H2,1H3,(H,21,24)(H,22,25)/t17-/m1/s1. The highest BCUT2D eigenvalue weighted by molar-refractivity contribution is 6.00. The lowest BCUT2D eigenvalue weighted by molar-refractivity contribution is -0.118. The molecule has 2 amide bonds. The maximum absolute atomic E-state index is 12.7. The quantitative estimate of drug-likeness (QED) is 0.716. The van der Waals surface area contributed by atoms with Crippen LogP contribution in [0.3, 0.4) is 0 Å². The van der Waals surface area contributed by atoms with Crippen molar-refractivity contribution in [1.29, 1.82) is 0 Å². The molecule has 0 aliphatic rings. The number of carbonyl (C=O) groups is 2. The van der Waals surface area contributed by atoms with E-state index in [-0.39, 0.29) is 11.7 Å². The van der Waals surface area contributed by atoms with Gasteiger partial charge in [-0.1, -0.05) is 53.7 Å². The second-order valence-corrected chi connectivity index (χ2v) is 5.90. The third-order valence-corrected chi connectivity index (χ3v) is 3.80. The van der Waals surface area contributed by atoms with Gasteiger partial charge >= 0.3 is 0 Å². The SMILES string of the molecule is Cc1cc(C(=O)N[C@H](Cc2ccccc2)C(=O)Nc2ccccc2)on1. The maximum atomic E-state index is 12.7. The maximum Gasteiger partial charge on any atom is 0.290 e. The minimum Gasteiger partial charge on any atom is -0.351 e. The molecule has 0 radical (unpaired) electrons. The first kappa shape index (κ1) is 17.4. The Balaban J connectivity index is 1.76. The smallest absolute Gasteiger partial charge is 0.290 e. The fraction of sp³-hybridized carbons (Fsp3) is 0.150. The van der Waals surface area contributed by atoms with Crippen LogP contribution in [0, 0.1) is 6.92 Å². The molecule has 1 atom stereocenters. The molecule has 0 fully saturated rings. The van der Waals surface area contributed by atoms with Gasteiger partial charge in [0.15, 0.2) is 0 Å². The summed E-state index contributed by atoms with van der Waals surface area (Å²) < 4.78 is 4.98. The van der Waals surface area contributed by atoms with Gasteiger partial charge in [-0.3, -0.25) is 9.59 Å². The van der Waals surface area contributed by atoms with Gasteiger partial charge in [-0.05, 0) is 24.6 Å². The third-order valence-electron chi connectivity index (χ3n) is 3.80. The van der Waals surface area contributed by atoms with Gasteiger partial charge in [-0.25, -0.2) is 0 Å². The number of aryl methyl sites for hydroxylation is 1. The lowest BCUT2D eigenvalue weighted by atomic mass is 10.0. The fourth-order valence-corrected chi connectivity index (χ4v) is 2.51. The van der Waals surface area contributed by atoms with Crippen molar-refractivity contribution in [2.24, 2.45) is 0 Å². The Morgan fingerprint density at radius 1 is 1.04 bits per heavy atom. The molecule has 6 heteroatoms. The highest BCUT2D eigenvalue weighted by atomic mass is 16.5. The van der Waals surface area contributed by atoms with Crippen molar-refractivity contribution < 1.29 is 14.1 Å². The van der Waals surface area contributed by atoms with Crippen LogP contribution < -0.4 is 10.6 Å². The summed E-state index contributed by atoms with van der Waals surface area (Å²) in [5.41, 5.74) is 2.21. The summed E-state index contributed by atoms with van der Waals surface area (Å²) in [4.78, 5) is 25.1. The summed E-state index contributed by atoms with van der Waals surface area (Å²) in [5, 5.41) is 9.26. The van der Waals surface area contributed by atoms with E-state index < -0.39 is 11.9 Å². The van der Waals surface area contributed by atoms with Crippen molar-refractivity contribution >= 4 is 17.5 Å². The summed E-state index contributed by atoms with van der Waals surface area (Å²) in [6.45, 7) is 1.73. The van der Waals surface area contributed by atoms with Gasteiger partial charge in [-0.15, -0.1) is 0 Å². The molecule has 0 aliphatic heterocycles. The first-order chi connectivity index (χ1) is 12.6. The van der Waals surface area contributed by atoms with Gasteiger partial charge in [0.25, 0.3) is 5.91 Å². The molecule has 0 bridgehead atoms. The first-order valence-corrected chi connectivity index (χ1v) is 8.26. The molecule has 3 rings (SSSR count). The van der Waals surface area contributed by atoms with E-state index >= 15 is 0 Å². The monoisotopic (exact) mass is 349 g/mol. The highest BCUT2D eigenvalue weighted by Crippen LogP contribution is 2.10. The van der Waals surface area contributed by atoms with Crippen molar-refractivity contribution in [3.63, 3.8) is 0 Å². The zero-order chi connectivity index (χ0) is 18.4. The number of rotatable bonds is 6. The van der Waals surface area contributed by atoms with Crippen LogP contribution in [-0.4, -0.2) is 23.0 Å². The van der Waals surface area contributed by atoms with Crippen molar-refractivity contribution in [3.05, 3.63) is 83.7 Å². The fourth-order valence-electron chi connectivity index (χ4n) is 2.51. The minimum absolute atomic E-state index is 0.0769. The number of para-hydroxylation sites is 1. The normalized spacial score (nSPS) is 11.6. The Hall–Kier alpha value is -3.41. The Morgan fingerprint density at radius 2 is 1.69 bits per heavy atom. The molecule has 26 heavy (non-hydrogen) atoms. The van der Waals surface area contributed by atoms with Crippen LogP contribution in [0.2, 0.25) is 0 Å². The summed E-state index contributed by atoms with van der Waals surface area (Å²) in [6, 6.07) is 19.4. The van der Waals surface area contributed by atoms with E-state index in [0.717, 1.165) is 5.56 Å². The lowest BCUT2D eigenvalue weighted by Gasteiger charge is -2.18. The van der Waals surface area contributed by atoms with E-state index in [1.165, 1.54) is 6.07 Å². The summed E-state index contributed by atoms with van der Waals surface area (Å²) in [7, 11) is 0. The number of benzene rings is 2. The number of carbonyl (C=O) groups excluding carboxylic acids is 2. The number of anilines is 1. The average molecular weight is 349 g/mol. The number of hydrogen-bond donors (Lipinski definition) is 2. The summed E-state index contributed by atoms with van der Waals surface area (Å²) in [5.74, 6) is -0.701. The van der Waals surface area contributed by atoms with E-state index in [0.29, 0.717) is 17.8 Å². The number of hydrogen-bond acceptors (Lipinski definition) is 4. The molecular weight excluding hydrogens is 330 g/mol. The lowest BCUT2D eigenvalue weighted by Crippen LogP contribution is -2.45. The molecule has 0 unspecified atom stereocenters. The topological polar surface area (TPSA) is 84.2 Å². The molecule has 0 aliphatic carbocycles. The van der Waals surface area contributed by atoms with E-state index in [2.05, 4.69) is 15.8 Å². The van der Waals surface area contributed by atoms with Crippen molar-refractivity contribution in [2.45, 2.75) is 19.4 Å². The van der Waals surface area contributed by atoms with Gasteiger partial charge in [0.1, 0.15) is 6.04 Å². The predicted molar refractivity (Wildman–Crippen MR) is 97.7 cm³/mol. The second kappa shape index (κ2) is 8.11. The van der Waals surface area contributed by atoms with E-state index in [1.807, 2.05) is 48.5 Å². The minimum atomic E-state index is -0.754. The number of aromatic nitrogens is 1. The first-order valence-electron chi connectivity index (χ1n) is 8.26. The zero-order valence-electron chi connectivity index (χ0n) is 14.3. The van der Waals surface area contributed by atoms with Gasteiger partial charge < -0.3 is 15.2 Å². The van der Waals surface area contributed by atoms with Crippen LogP contribution in [0.5, 0.6) is 0 Å². The molecule has 0 spiro atoms. The molecule has 132 valence electrons. The van der Waals surface area contributed by atoms with Crippen LogP contribution in [0.1, 0.15) is 21.8 Å². The van der Waals surface area contributed by atoms with Crippen molar-refractivity contribution in [1.82, 2.24) is 10.5 Å². The number of amides is 2. The Kier molecular flexibility index (Phi) is 5.43. The van der Waals surface area contributed by atoms with Gasteiger partial charge in [0.2, 0.25) is 11.7 Å². The molecule has 2 N–H and O–H groups in total. The molecule has 1 heterocycles. The van der Waals surface area contributed by atoms with E-state index in [1.54, 1.807) is 19.1 Å². The predicted octanol–water partition coefficient (Wildman–Crippen LogP) is 2.96. The van der Waals surface area contributed by atoms with Gasteiger partial charge in [0.05, 0.1) is 5.69 Å². The van der Waals surface area contributed by atoms with E-state index in [9.17, 15) is 9.59 Å². The van der Waals surface area contributed by atoms with Crippen LogP contribution in [0.25, 0.3) is 0 Å². The van der Waals surface area contributed by atoms with Crippen molar-refractivity contribution in [2.75, 3.05) is 5.32 Å². The second-order valence-electron chi connectivity index (χ2n) is 5.90. The molecule has 0 saturated carbocycles. The Morgan fingerprint density at radius 3 is 2.31 bits per heavy atom. The number of nitrogens with zero attached hydrogens (tertiary/aromatic N) is 1. The molecular formula is C20H19N3O3. The third kappa shape index (κ3) is 4.57. The average Bonchev–Trinajstić information content (AvgIpc) is 3.09. The van der Waals surface area contributed by atoms with Crippen LogP contribution in [0.4, 0.5) is 5.69 Å². The Labute approximate surface area is 151 Å². The van der Waals surface area contributed by atoms with Crippen LogP contribution in [0.15, 0.2) is 71.3 Å². The molecule has 0 saturated heterocycles. The largest absolute Gasteiger partial charge is 0.351 e. The summed E-state index contributed by atoms with van der Waals surface area (Å²) in [6.07, 6.45) is 0.359. The van der Waals surface area contributed by atoms with Gasteiger partial charge in [-0.2, -0.15) is 0 Å². The summed E-state index contributed by atoms with van der Waals surface area (Å²) >= 11 is 0. The van der Waals surface area contributed by atoms with Crippen LogP contribution in [-0.2, 0) is 11.2 Å². The van der Waals surface area contributed by atoms with Crippen LogP contribution >= 0.6 is 0 Å². The van der Waals surface area contributed by atoms with Gasteiger partial charge in [0, 0.05) is 18.2 Å². The Bertz CT molecular complexity index is 876. The highest BCUT2D eigenvalue weighted by Gasteiger charge is 2.23. The molecule has 2 aromatic carbocycles. The van der Waals surface area contributed by atoms with E-state index in [4.69, 9.17) is 4.52 Å². The van der Waals surface area contributed by atoms with Crippen molar-refractivity contribution in [3.8, 4) is 0 Å². The molecule has 1 aromatic heterocycles. The zero-order valence-corrected chi connectivity index (χ0v) is 14.3.